The minimum Gasteiger partial charge on any atom is -0.355 e. The highest BCUT2D eigenvalue weighted by atomic mass is 16.2. The molecule has 4 nitrogen and oxygen atoms in total. The van der Waals surface area contributed by atoms with Gasteiger partial charge in [-0.1, -0.05) is 91.0 Å². The number of hydrogen-bond donors (Lipinski definition) is 1. The summed E-state index contributed by atoms with van der Waals surface area (Å²) in [5.41, 5.74) is 3.18. The molecule has 0 heterocycles. The maximum absolute atomic E-state index is 13.6. The van der Waals surface area contributed by atoms with Crippen LogP contribution in [0.5, 0.6) is 0 Å². The summed E-state index contributed by atoms with van der Waals surface area (Å²) < 4.78 is 0. The summed E-state index contributed by atoms with van der Waals surface area (Å²) in [7, 11) is 0. The lowest BCUT2D eigenvalue weighted by Crippen LogP contribution is -2.47. The number of rotatable bonds is 9. The molecule has 0 saturated heterocycles. The van der Waals surface area contributed by atoms with Crippen LogP contribution in [0, 0.1) is 0 Å². The average Bonchev–Trinajstić information content (AvgIpc) is 2.82. The van der Waals surface area contributed by atoms with Gasteiger partial charge in [-0.2, -0.15) is 0 Å². The second-order valence-electron chi connectivity index (χ2n) is 7.66. The number of hydrogen-bond acceptors (Lipinski definition) is 2. The summed E-state index contributed by atoms with van der Waals surface area (Å²) in [4.78, 5) is 27.9. The first-order valence-corrected chi connectivity index (χ1v) is 10.8. The molecule has 0 aliphatic heterocycles. The van der Waals surface area contributed by atoms with Crippen LogP contribution >= 0.6 is 0 Å². The molecule has 0 aliphatic rings. The fourth-order valence-corrected chi connectivity index (χ4v) is 3.78. The molecule has 0 aliphatic carbocycles. The lowest BCUT2D eigenvalue weighted by Gasteiger charge is -2.30. The van der Waals surface area contributed by atoms with Crippen molar-refractivity contribution in [3.63, 3.8) is 0 Å². The zero-order chi connectivity index (χ0) is 22.1. The first-order valence-electron chi connectivity index (χ1n) is 10.8. The highest BCUT2D eigenvalue weighted by Gasteiger charge is 2.28. The third-order valence-electron chi connectivity index (χ3n) is 5.50. The molecular formula is C27H30N2O2. The molecule has 3 rings (SSSR count). The SMILES string of the molecule is CCNC(=O)[C@H](C)N(Cc1ccccc1)C(=O)CC(c1ccccc1)c1ccccc1. The van der Waals surface area contributed by atoms with Crippen molar-refractivity contribution in [3.8, 4) is 0 Å². The molecule has 0 spiro atoms. The minimum absolute atomic E-state index is 0.0414. The third-order valence-corrected chi connectivity index (χ3v) is 5.50. The zero-order valence-corrected chi connectivity index (χ0v) is 18.2. The van der Waals surface area contributed by atoms with Gasteiger partial charge in [0.25, 0.3) is 0 Å². The fraction of sp³-hybridized carbons (Fsp3) is 0.259. The van der Waals surface area contributed by atoms with E-state index in [1.165, 1.54) is 0 Å². The second-order valence-corrected chi connectivity index (χ2v) is 7.66. The van der Waals surface area contributed by atoms with E-state index in [9.17, 15) is 9.59 Å². The molecule has 0 fully saturated rings. The molecule has 3 aromatic carbocycles. The van der Waals surface area contributed by atoms with Crippen LogP contribution in [0.3, 0.4) is 0 Å². The van der Waals surface area contributed by atoms with Gasteiger partial charge < -0.3 is 10.2 Å². The Labute approximate surface area is 184 Å². The van der Waals surface area contributed by atoms with Gasteiger partial charge in [0.2, 0.25) is 11.8 Å². The number of nitrogens with one attached hydrogen (secondary N) is 1. The standard InChI is InChI=1S/C27H30N2O2/c1-3-28-27(31)21(2)29(20-22-13-7-4-8-14-22)26(30)19-25(23-15-9-5-10-16-23)24-17-11-6-12-18-24/h4-18,21,25H,3,19-20H2,1-2H3,(H,28,31)/t21-/m0/s1. The van der Waals surface area contributed by atoms with Gasteiger partial charge >= 0.3 is 0 Å². The molecule has 0 bridgehead atoms. The molecule has 31 heavy (non-hydrogen) atoms. The topological polar surface area (TPSA) is 49.4 Å². The Morgan fingerprint density at radius 3 is 1.77 bits per heavy atom. The summed E-state index contributed by atoms with van der Waals surface area (Å²) in [6.07, 6.45) is 0.296. The van der Waals surface area contributed by atoms with Crippen LogP contribution in [0.4, 0.5) is 0 Å². The van der Waals surface area contributed by atoms with E-state index in [1.807, 2.05) is 73.7 Å². The molecule has 0 radical (unpaired) electrons. The van der Waals surface area contributed by atoms with Crippen molar-refractivity contribution < 1.29 is 9.59 Å². The maximum atomic E-state index is 13.6. The van der Waals surface area contributed by atoms with Crippen molar-refractivity contribution in [3.05, 3.63) is 108 Å². The number of carbonyl (C=O) groups is 2. The second kappa shape index (κ2) is 11.1. The Kier molecular flexibility index (Phi) is 7.99. The van der Waals surface area contributed by atoms with Crippen molar-refractivity contribution >= 4 is 11.8 Å². The van der Waals surface area contributed by atoms with Crippen LogP contribution < -0.4 is 5.32 Å². The Hall–Kier alpha value is -3.40. The predicted molar refractivity (Wildman–Crippen MR) is 124 cm³/mol. The van der Waals surface area contributed by atoms with Crippen molar-refractivity contribution in [1.82, 2.24) is 10.2 Å². The van der Waals surface area contributed by atoms with Gasteiger partial charge in [0.15, 0.2) is 0 Å². The van der Waals surface area contributed by atoms with Gasteiger partial charge in [-0.15, -0.1) is 0 Å². The van der Waals surface area contributed by atoms with Gasteiger partial charge in [-0.25, -0.2) is 0 Å². The largest absolute Gasteiger partial charge is 0.355 e. The Morgan fingerprint density at radius 1 is 0.806 bits per heavy atom. The predicted octanol–water partition coefficient (Wildman–Crippen LogP) is 4.76. The number of nitrogens with zero attached hydrogens (tertiary/aromatic N) is 1. The Balaban J connectivity index is 1.90. The quantitative estimate of drug-likeness (QED) is 0.549. The molecular weight excluding hydrogens is 384 g/mol. The van der Waals surface area contributed by atoms with Crippen LogP contribution in [0.25, 0.3) is 0 Å². The van der Waals surface area contributed by atoms with Gasteiger partial charge in [-0.05, 0) is 30.5 Å². The van der Waals surface area contributed by atoms with Gasteiger partial charge in [-0.3, -0.25) is 9.59 Å². The Morgan fingerprint density at radius 2 is 1.29 bits per heavy atom. The minimum atomic E-state index is -0.556. The van der Waals surface area contributed by atoms with Crippen LogP contribution in [0.1, 0.15) is 42.9 Å². The molecule has 160 valence electrons. The van der Waals surface area contributed by atoms with Crippen LogP contribution in [-0.2, 0) is 16.1 Å². The van der Waals surface area contributed by atoms with Crippen LogP contribution in [-0.4, -0.2) is 29.3 Å². The van der Waals surface area contributed by atoms with Gasteiger partial charge in [0.05, 0.1) is 0 Å². The van der Waals surface area contributed by atoms with E-state index < -0.39 is 6.04 Å². The molecule has 0 unspecified atom stereocenters. The zero-order valence-electron chi connectivity index (χ0n) is 18.2. The van der Waals surface area contributed by atoms with Crippen LogP contribution in [0.2, 0.25) is 0 Å². The highest BCUT2D eigenvalue weighted by Crippen LogP contribution is 2.29. The van der Waals surface area contributed by atoms with E-state index in [1.54, 1.807) is 11.8 Å². The first-order chi connectivity index (χ1) is 15.1. The monoisotopic (exact) mass is 414 g/mol. The molecule has 0 saturated carbocycles. The van der Waals surface area contributed by atoms with Crippen molar-refractivity contribution in [2.45, 2.75) is 38.8 Å². The summed E-state index contributed by atoms with van der Waals surface area (Å²) in [6.45, 7) is 4.61. The highest BCUT2D eigenvalue weighted by molar-refractivity contribution is 5.87. The van der Waals surface area contributed by atoms with E-state index in [-0.39, 0.29) is 17.7 Å². The normalized spacial score (nSPS) is 11.7. The molecule has 3 aromatic rings. The van der Waals surface area contributed by atoms with Gasteiger partial charge in [0.1, 0.15) is 6.04 Å². The summed E-state index contributed by atoms with van der Waals surface area (Å²) in [5.74, 6) is -0.252. The molecule has 4 heteroatoms. The molecule has 1 N–H and O–H groups in total. The average molecular weight is 415 g/mol. The number of amides is 2. The Bertz CT molecular complexity index is 919. The fourth-order valence-electron chi connectivity index (χ4n) is 3.78. The molecule has 0 aromatic heterocycles. The van der Waals surface area contributed by atoms with Crippen molar-refractivity contribution in [2.24, 2.45) is 0 Å². The number of benzene rings is 3. The maximum Gasteiger partial charge on any atom is 0.242 e. The van der Waals surface area contributed by atoms with E-state index in [0.717, 1.165) is 16.7 Å². The van der Waals surface area contributed by atoms with E-state index in [0.29, 0.717) is 19.5 Å². The molecule has 2 amide bonds. The lowest BCUT2D eigenvalue weighted by atomic mass is 9.88. The molecule has 1 atom stereocenters. The van der Waals surface area contributed by atoms with Crippen LogP contribution in [0.15, 0.2) is 91.0 Å². The summed E-state index contributed by atoms with van der Waals surface area (Å²) in [6, 6.07) is 29.4. The van der Waals surface area contributed by atoms with Crippen molar-refractivity contribution in [1.29, 1.82) is 0 Å². The number of carbonyl (C=O) groups excluding carboxylic acids is 2. The first kappa shape index (κ1) is 22.3. The lowest BCUT2D eigenvalue weighted by molar-refractivity contribution is -0.140. The number of likely N-dealkylation sites (N-methyl/N-ethyl adjacent to an activating group) is 1. The van der Waals surface area contributed by atoms with E-state index in [4.69, 9.17) is 0 Å². The summed E-state index contributed by atoms with van der Waals surface area (Å²) in [5, 5.41) is 2.85. The van der Waals surface area contributed by atoms with Crippen molar-refractivity contribution in [2.75, 3.05) is 6.54 Å². The smallest absolute Gasteiger partial charge is 0.242 e. The third kappa shape index (κ3) is 6.05. The van der Waals surface area contributed by atoms with E-state index in [2.05, 4.69) is 29.6 Å². The van der Waals surface area contributed by atoms with Gasteiger partial charge in [0, 0.05) is 25.4 Å². The van der Waals surface area contributed by atoms with E-state index >= 15 is 0 Å². The summed E-state index contributed by atoms with van der Waals surface area (Å²) >= 11 is 0.